The van der Waals surface area contributed by atoms with Gasteiger partial charge >= 0.3 is 0 Å². The summed E-state index contributed by atoms with van der Waals surface area (Å²) in [6.45, 7) is 4.08. The van der Waals surface area contributed by atoms with Crippen LogP contribution in [0.3, 0.4) is 0 Å². The van der Waals surface area contributed by atoms with E-state index in [9.17, 15) is 4.79 Å². The number of carbonyl (C=O) groups excluding carboxylic acids is 1. The van der Waals surface area contributed by atoms with Crippen molar-refractivity contribution in [3.8, 4) is 17.2 Å². The molecule has 2 atom stereocenters. The standard InChI is InChI=1S/C22H24ClN5O3S/c1-13(27(3)4)20-25-26-22(28(20)17-8-5-15(23)6-9-17)32-14(2)21(29)24-16-7-10-18-19(11-16)31-12-30-18/h5-11,13-14H,12H2,1-4H3,(H,24,29)/t13-,14+/m0/s1. The zero-order valence-corrected chi connectivity index (χ0v) is 19.8. The minimum absolute atomic E-state index is 0.0188. The molecule has 2 heterocycles. The number of anilines is 1. The zero-order chi connectivity index (χ0) is 22.8. The number of nitrogens with one attached hydrogen (secondary N) is 1. The number of thioether (sulfide) groups is 1. The van der Waals surface area contributed by atoms with E-state index in [0.29, 0.717) is 27.4 Å². The number of hydrogen-bond donors (Lipinski definition) is 1. The molecule has 0 fully saturated rings. The first kappa shape index (κ1) is 22.4. The average molecular weight is 474 g/mol. The summed E-state index contributed by atoms with van der Waals surface area (Å²) in [4.78, 5) is 14.9. The molecular formula is C22H24ClN5O3S. The molecule has 0 aliphatic carbocycles. The van der Waals surface area contributed by atoms with Gasteiger partial charge in [-0.15, -0.1) is 10.2 Å². The number of rotatable bonds is 7. The molecule has 0 saturated carbocycles. The van der Waals surface area contributed by atoms with Crippen LogP contribution in [0.15, 0.2) is 47.6 Å². The molecule has 1 aliphatic heterocycles. The number of fused-ring (bicyclic) bond motifs is 1. The number of aromatic nitrogens is 3. The third-order valence-electron chi connectivity index (χ3n) is 5.18. The Kier molecular flexibility index (Phi) is 6.59. The quantitative estimate of drug-likeness (QED) is 0.509. The second kappa shape index (κ2) is 9.40. The Morgan fingerprint density at radius 2 is 1.84 bits per heavy atom. The Balaban J connectivity index is 1.56. The van der Waals surface area contributed by atoms with Crippen molar-refractivity contribution in [3.63, 3.8) is 0 Å². The van der Waals surface area contributed by atoms with Crippen molar-refractivity contribution in [1.82, 2.24) is 19.7 Å². The number of carbonyl (C=O) groups is 1. The molecule has 0 unspecified atom stereocenters. The van der Waals surface area contributed by atoms with Crippen molar-refractivity contribution < 1.29 is 14.3 Å². The van der Waals surface area contributed by atoms with Crippen LogP contribution in [0, 0.1) is 0 Å². The maximum absolute atomic E-state index is 12.9. The topological polar surface area (TPSA) is 81.5 Å². The van der Waals surface area contributed by atoms with Gasteiger partial charge in [0.25, 0.3) is 0 Å². The van der Waals surface area contributed by atoms with Crippen LogP contribution < -0.4 is 14.8 Å². The number of amides is 1. The average Bonchev–Trinajstić information content (AvgIpc) is 3.40. The van der Waals surface area contributed by atoms with E-state index in [0.717, 1.165) is 11.5 Å². The van der Waals surface area contributed by atoms with Gasteiger partial charge in [0, 0.05) is 22.5 Å². The summed E-state index contributed by atoms with van der Waals surface area (Å²) in [7, 11) is 3.97. The Morgan fingerprint density at radius 3 is 2.56 bits per heavy atom. The highest BCUT2D eigenvalue weighted by atomic mass is 35.5. The molecule has 1 N–H and O–H groups in total. The van der Waals surface area contributed by atoms with Crippen molar-refractivity contribution in [2.75, 3.05) is 26.2 Å². The van der Waals surface area contributed by atoms with Gasteiger partial charge in [-0.25, -0.2) is 0 Å². The lowest BCUT2D eigenvalue weighted by molar-refractivity contribution is -0.115. The summed E-state index contributed by atoms with van der Waals surface area (Å²) >= 11 is 7.42. The van der Waals surface area contributed by atoms with Gasteiger partial charge in [-0.1, -0.05) is 23.4 Å². The summed E-state index contributed by atoms with van der Waals surface area (Å²) in [5.41, 5.74) is 1.53. The molecule has 1 aliphatic rings. The summed E-state index contributed by atoms with van der Waals surface area (Å²) in [6.07, 6.45) is 0. The van der Waals surface area contributed by atoms with E-state index in [1.807, 2.05) is 49.9 Å². The molecule has 10 heteroatoms. The van der Waals surface area contributed by atoms with E-state index < -0.39 is 5.25 Å². The molecule has 0 bridgehead atoms. The van der Waals surface area contributed by atoms with Gasteiger partial charge in [-0.2, -0.15) is 0 Å². The molecule has 32 heavy (non-hydrogen) atoms. The predicted molar refractivity (Wildman–Crippen MR) is 125 cm³/mol. The van der Waals surface area contributed by atoms with Crippen LogP contribution in [0.1, 0.15) is 25.7 Å². The molecule has 0 saturated heterocycles. The molecule has 0 spiro atoms. The predicted octanol–water partition coefficient (Wildman–Crippen LogP) is 4.39. The van der Waals surface area contributed by atoms with Crippen LogP contribution in [-0.2, 0) is 4.79 Å². The number of hydrogen-bond acceptors (Lipinski definition) is 7. The number of benzene rings is 2. The molecular weight excluding hydrogens is 450 g/mol. The summed E-state index contributed by atoms with van der Waals surface area (Å²) < 4.78 is 12.7. The SMILES string of the molecule is C[C@@H](Sc1nnc([C@H](C)N(C)C)n1-c1ccc(Cl)cc1)C(=O)Nc1ccc2c(c1)OCO2. The third kappa shape index (κ3) is 4.69. The third-order valence-corrected chi connectivity index (χ3v) is 6.48. The Hall–Kier alpha value is -2.75. The van der Waals surface area contributed by atoms with Crippen LogP contribution in [-0.4, -0.2) is 51.7 Å². The molecule has 4 rings (SSSR count). The van der Waals surface area contributed by atoms with E-state index in [-0.39, 0.29) is 18.7 Å². The lowest BCUT2D eigenvalue weighted by atomic mass is 10.2. The summed E-state index contributed by atoms with van der Waals surface area (Å²) in [6, 6.07) is 12.8. The normalized spacial score (nSPS) is 14.4. The first-order chi connectivity index (χ1) is 15.3. The van der Waals surface area contributed by atoms with Crippen molar-refractivity contribution in [3.05, 3.63) is 53.3 Å². The van der Waals surface area contributed by atoms with Crippen molar-refractivity contribution in [2.24, 2.45) is 0 Å². The lowest BCUT2D eigenvalue weighted by Crippen LogP contribution is -2.23. The minimum Gasteiger partial charge on any atom is -0.454 e. The van der Waals surface area contributed by atoms with Crippen LogP contribution >= 0.6 is 23.4 Å². The highest BCUT2D eigenvalue weighted by Gasteiger charge is 2.25. The van der Waals surface area contributed by atoms with Crippen molar-refractivity contribution in [2.45, 2.75) is 30.3 Å². The van der Waals surface area contributed by atoms with Gasteiger partial charge in [0.2, 0.25) is 12.7 Å². The molecule has 8 nitrogen and oxygen atoms in total. The van der Waals surface area contributed by atoms with Crippen LogP contribution in [0.5, 0.6) is 11.5 Å². The van der Waals surface area contributed by atoms with E-state index in [1.165, 1.54) is 11.8 Å². The molecule has 0 radical (unpaired) electrons. The first-order valence-electron chi connectivity index (χ1n) is 10.1. The van der Waals surface area contributed by atoms with Gasteiger partial charge in [0.15, 0.2) is 22.5 Å². The fourth-order valence-corrected chi connectivity index (χ4v) is 4.12. The van der Waals surface area contributed by atoms with Gasteiger partial charge in [0.1, 0.15) is 0 Å². The molecule has 3 aromatic rings. The Morgan fingerprint density at radius 1 is 1.12 bits per heavy atom. The second-order valence-corrected chi connectivity index (χ2v) is 9.35. The van der Waals surface area contributed by atoms with Crippen LogP contribution in [0.2, 0.25) is 5.02 Å². The molecule has 1 amide bonds. The summed E-state index contributed by atoms with van der Waals surface area (Å²) in [5, 5.41) is 12.6. The maximum Gasteiger partial charge on any atom is 0.237 e. The maximum atomic E-state index is 12.9. The first-order valence-corrected chi connectivity index (χ1v) is 11.3. The molecule has 1 aromatic heterocycles. The van der Waals surface area contributed by atoms with Gasteiger partial charge in [-0.05, 0) is 64.3 Å². The summed E-state index contributed by atoms with van der Waals surface area (Å²) in [5.74, 6) is 1.92. The Bertz CT molecular complexity index is 1120. The smallest absolute Gasteiger partial charge is 0.237 e. The largest absolute Gasteiger partial charge is 0.454 e. The minimum atomic E-state index is -0.418. The lowest BCUT2D eigenvalue weighted by Gasteiger charge is -2.21. The zero-order valence-electron chi connectivity index (χ0n) is 18.2. The fraction of sp³-hybridized carbons (Fsp3) is 0.318. The Labute approximate surface area is 195 Å². The van der Waals surface area contributed by atoms with E-state index in [1.54, 1.807) is 18.2 Å². The van der Waals surface area contributed by atoms with Gasteiger partial charge in [-0.3, -0.25) is 14.3 Å². The van der Waals surface area contributed by atoms with E-state index >= 15 is 0 Å². The fourth-order valence-electron chi connectivity index (χ4n) is 3.12. The molecule has 168 valence electrons. The number of halogens is 1. The van der Waals surface area contributed by atoms with Crippen LogP contribution in [0.25, 0.3) is 5.69 Å². The van der Waals surface area contributed by atoms with E-state index in [4.69, 9.17) is 21.1 Å². The van der Waals surface area contributed by atoms with Crippen molar-refractivity contribution >= 4 is 35.0 Å². The number of ether oxygens (including phenoxy) is 2. The second-order valence-electron chi connectivity index (χ2n) is 7.61. The van der Waals surface area contributed by atoms with Crippen LogP contribution in [0.4, 0.5) is 5.69 Å². The van der Waals surface area contributed by atoms with E-state index in [2.05, 4.69) is 27.3 Å². The monoisotopic (exact) mass is 473 g/mol. The highest BCUT2D eigenvalue weighted by Crippen LogP contribution is 2.35. The number of nitrogens with zero attached hydrogens (tertiary/aromatic N) is 4. The molecule has 2 aromatic carbocycles. The highest BCUT2D eigenvalue weighted by molar-refractivity contribution is 8.00. The van der Waals surface area contributed by atoms with Gasteiger partial charge < -0.3 is 14.8 Å². The van der Waals surface area contributed by atoms with Gasteiger partial charge in [0.05, 0.1) is 11.3 Å². The van der Waals surface area contributed by atoms with Crippen molar-refractivity contribution in [1.29, 1.82) is 0 Å².